The van der Waals surface area contributed by atoms with E-state index in [0.717, 1.165) is 40.7 Å². The first-order chi connectivity index (χ1) is 24.3. The number of hydrogen-bond donors (Lipinski definition) is 0. The van der Waals surface area contributed by atoms with Crippen LogP contribution in [0.2, 0.25) is 0 Å². The lowest BCUT2D eigenvalue weighted by Crippen LogP contribution is -2.25. The fourth-order valence-electron chi connectivity index (χ4n) is 6.72. The van der Waals surface area contributed by atoms with Crippen LogP contribution < -0.4 is 9.80 Å². The molecule has 0 saturated heterocycles. The summed E-state index contributed by atoms with van der Waals surface area (Å²) in [5.41, 5.74) is 11.4. The largest absolute Gasteiger partial charge is 0.294 e. The van der Waals surface area contributed by atoms with Gasteiger partial charge in [-0.25, -0.2) is 15.0 Å². The minimum atomic E-state index is 0.652. The van der Waals surface area contributed by atoms with Gasteiger partial charge in [-0.15, -0.1) is 0 Å². The van der Waals surface area contributed by atoms with Gasteiger partial charge in [0.2, 0.25) is 0 Å². The summed E-state index contributed by atoms with van der Waals surface area (Å²) in [6.45, 7) is 0. The van der Waals surface area contributed by atoms with Crippen LogP contribution in [0.4, 0.5) is 22.7 Å². The van der Waals surface area contributed by atoms with E-state index < -0.39 is 0 Å². The summed E-state index contributed by atoms with van der Waals surface area (Å²) in [5.74, 6) is 3.24. The molecule has 5 nitrogen and oxygen atoms in total. The number of nitrogens with zero attached hydrogens (tertiary/aromatic N) is 5. The van der Waals surface area contributed by atoms with Crippen LogP contribution in [0.15, 0.2) is 175 Å². The summed E-state index contributed by atoms with van der Waals surface area (Å²) in [5, 5.41) is 0. The molecule has 1 fully saturated rings. The Morgan fingerprint density at radius 3 is 1.24 bits per heavy atom. The van der Waals surface area contributed by atoms with E-state index in [1.165, 1.54) is 40.6 Å². The molecule has 49 heavy (non-hydrogen) atoms. The van der Waals surface area contributed by atoms with E-state index in [4.69, 9.17) is 15.0 Å². The van der Waals surface area contributed by atoms with Crippen molar-refractivity contribution in [3.8, 4) is 45.3 Å². The fraction of sp³-hybridized carbons (Fsp3) is 0.0682. The van der Waals surface area contributed by atoms with Crippen molar-refractivity contribution in [2.45, 2.75) is 19.3 Å². The van der Waals surface area contributed by atoms with Crippen LogP contribution >= 0.6 is 0 Å². The molecule has 0 unspecified atom stereocenters. The van der Waals surface area contributed by atoms with Gasteiger partial charge in [-0.3, -0.25) is 9.80 Å². The Balaban J connectivity index is 1.13. The van der Waals surface area contributed by atoms with Crippen molar-refractivity contribution in [2.75, 3.05) is 9.80 Å². The van der Waals surface area contributed by atoms with Gasteiger partial charge < -0.3 is 0 Å². The average molecular weight is 632 g/mol. The number of aromatic nitrogens is 3. The highest BCUT2D eigenvalue weighted by atomic mass is 15.4. The summed E-state index contributed by atoms with van der Waals surface area (Å²) < 4.78 is 0. The Hall–Kier alpha value is -6.33. The van der Waals surface area contributed by atoms with Crippen LogP contribution in [0.5, 0.6) is 0 Å². The van der Waals surface area contributed by atoms with Crippen molar-refractivity contribution < 1.29 is 0 Å². The molecule has 0 radical (unpaired) electrons. The van der Waals surface area contributed by atoms with Crippen molar-refractivity contribution in [1.29, 1.82) is 0 Å². The maximum Gasteiger partial charge on any atom is 0.164 e. The molecular formula is C44H33N5. The highest BCUT2D eigenvalue weighted by Crippen LogP contribution is 2.53. The Bertz CT molecular complexity index is 2220. The predicted octanol–water partition coefficient (Wildman–Crippen LogP) is 11.2. The monoisotopic (exact) mass is 631 g/mol. The van der Waals surface area contributed by atoms with Crippen LogP contribution in [0.1, 0.15) is 19.3 Å². The van der Waals surface area contributed by atoms with Gasteiger partial charge in [0.1, 0.15) is 5.82 Å². The molecule has 6 aromatic carbocycles. The zero-order valence-electron chi connectivity index (χ0n) is 26.9. The first kappa shape index (κ1) is 28.9. The summed E-state index contributed by atoms with van der Waals surface area (Å²) in [6.07, 6.45) is 3.48. The molecule has 0 amide bonds. The zero-order chi connectivity index (χ0) is 32.6. The third-order valence-corrected chi connectivity index (χ3v) is 9.36. The maximum absolute atomic E-state index is 4.93. The Morgan fingerprint density at radius 2 is 0.776 bits per heavy atom. The van der Waals surface area contributed by atoms with E-state index >= 15 is 0 Å². The number of rotatable bonds is 6. The van der Waals surface area contributed by atoms with E-state index in [0.29, 0.717) is 17.5 Å². The van der Waals surface area contributed by atoms with E-state index in [2.05, 4.69) is 113 Å². The molecule has 0 spiro atoms. The average Bonchev–Trinajstić information content (AvgIpc) is 3.49. The number of allylic oxidation sites excluding steroid dienone is 1. The second kappa shape index (κ2) is 12.4. The van der Waals surface area contributed by atoms with Crippen LogP contribution in [0, 0.1) is 0 Å². The van der Waals surface area contributed by atoms with Crippen molar-refractivity contribution >= 4 is 22.7 Å². The zero-order valence-corrected chi connectivity index (χ0v) is 26.9. The van der Waals surface area contributed by atoms with Gasteiger partial charge in [0.05, 0.1) is 11.4 Å². The highest BCUT2D eigenvalue weighted by molar-refractivity contribution is 5.96. The molecule has 0 atom stereocenters. The SMILES string of the molecule is c1ccc(-c2nc(-c3ccccc3)nc(-c3ccc(-c4ccc5c(c4)N(c4ccccc4)C(=C4CCC4)N5c4ccccc4)cc3)n2)cc1. The molecule has 0 N–H and O–H groups in total. The van der Waals surface area contributed by atoms with Crippen molar-refractivity contribution in [1.82, 2.24) is 15.0 Å². The van der Waals surface area contributed by atoms with Crippen molar-refractivity contribution in [3.05, 3.63) is 175 Å². The third-order valence-electron chi connectivity index (χ3n) is 9.36. The van der Waals surface area contributed by atoms with Gasteiger partial charge in [0.15, 0.2) is 17.5 Å². The predicted molar refractivity (Wildman–Crippen MR) is 200 cm³/mol. The lowest BCUT2D eigenvalue weighted by atomic mass is 9.91. The lowest BCUT2D eigenvalue weighted by Gasteiger charge is -2.32. The summed E-state index contributed by atoms with van der Waals surface area (Å²) in [7, 11) is 0. The molecule has 234 valence electrons. The molecule has 9 rings (SSSR count). The molecule has 1 aromatic heterocycles. The maximum atomic E-state index is 4.93. The first-order valence-electron chi connectivity index (χ1n) is 16.8. The minimum Gasteiger partial charge on any atom is -0.294 e. The Kier molecular flexibility index (Phi) is 7.28. The molecule has 1 saturated carbocycles. The van der Waals surface area contributed by atoms with Crippen molar-refractivity contribution in [3.63, 3.8) is 0 Å². The number of fused-ring (bicyclic) bond motifs is 1. The fourth-order valence-corrected chi connectivity index (χ4v) is 6.72. The quantitative estimate of drug-likeness (QED) is 0.183. The Morgan fingerprint density at radius 1 is 0.367 bits per heavy atom. The van der Waals surface area contributed by atoms with Gasteiger partial charge in [-0.1, -0.05) is 127 Å². The van der Waals surface area contributed by atoms with E-state index in [9.17, 15) is 0 Å². The number of benzene rings is 6. The minimum absolute atomic E-state index is 0.652. The normalized spacial score (nSPS) is 13.7. The van der Waals surface area contributed by atoms with Crippen LogP contribution in [0.25, 0.3) is 45.3 Å². The topological polar surface area (TPSA) is 45.2 Å². The van der Waals surface area contributed by atoms with Gasteiger partial charge in [-0.05, 0) is 72.4 Å². The summed E-state index contributed by atoms with van der Waals surface area (Å²) in [4.78, 5) is 19.6. The number of para-hydroxylation sites is 2. The second-order valence-electron chi connectivity index (χ2n) is 12.4. The van der Waals surface area contributed by atoms with Crippen LogP contribution in [0.3, 0.4) is 0 Å². The summed E-state index contributed by atoms with van der Waals surface area (Å²) >= 11 is 0. The van der Waals surface area contributed by atoms with E-state index in [1.807, 2.05) is 60.7 Å². The summed E-state index contributed by atoms with van der Waals surface area (Å²) in [6, 6.07) is 57.1. The Labute approximate surface area is 286 Å². The number of anilines is 4. The second-order valence-corrected chi connectivity index (χ2v) is 12.4. The van der Waals surface area contributed by atoms with Crippen molar-refractivity contribution in [2.24, 2.45) is 0 Å². The highest BCUT2D eigenvalue weighted by Gasteiger charge is 2.37. The third kappa shape index (κ3) is 5.35. The molecule has 1 aliphatic heterocycles. The molecule has 0 bridgehead atoms. The molecule has 2 heterocycles. The van der Waals surface area contributed by atoms with E-state index in [1.54, 1.807) is 0 Å². The smallest absolute Gasteiger partial charge is 0.164 e. The van der Waals surface area contributed by atoms with Gasteiger partial charge in [-0.2, -0.15) is 0 Å². The van der Waals surface area contributed by atoms with Crippen LogP contribution in [-0.2, 0) is 0 Å². The lowest BCUT2D eigenvalue weighted by molar-refractivity contribution is 0.645. The van der Waals surface area contributed by atoms with E-state index in [-0.39, 0.29) is 0 Å². The van der Waals surface area contributed by atoms with Crippen LogP contribution in [-0.4, -0.2) is 15.0 Å². The number of hydrogen-bond acceptors (Lipinski definition) is 5. The molecular weight excluding hydrogens is 599 g/mol. The molecule has 2 aliphatic rings. The standard InChI is InChI=1S/C44H33N5/c1-5-14-32(15-6-1)41-45-42(33-16-7-2-8-17-33)47-43(46-41)34-26-24-31(25-27-34)36-28-29-39-40(30-36)49(38-22-11-4-12-23-38)44(35-18-13-19-35)48(39)37-20-9-3-10-21-37/h1-12,14-17,20-30H,13,18-19H2. The molecule has 5 heteroatoms. The first-order valence-corrected chi connectivity index (χ1v) is 16.8. The molecule has 1 aliphatic carbocycles. The molecule has 7 aromatic rings. The van der Waals surface area contributed by atoms with Gasteiger partial charge in [0, 0.05) is 28.1 Å². The van der Waals surface area contributed by atoms with Gasteiger partial charge >= 0.3 is 0 Å². The van der Waals surface area contributed by atoms with Gasteiger partial charge in [0.25, 0.3) is 0 Å².